The molecule has 0 saturated carbocycles. The van der Waals surface area contributed by atoms with Gasteiger partial charge in [0.1, 0.15) is 0 Å². The van der Waals surface area contributed by atoms with Crippen molar-refractivity contribution in [1.82, 2.24) is 4.90 Å². The number of likely N-dealkylation sites (tertiary alicyclic amines) is 1. The van der Waals surface area contributed by atoms with Crippen molar-refractivity contribution in [3.8, 4) is 6.07 Å². The number of rotatable bonds is 3. The summed E-state index contributed by atoms with van der Waals surface area (Å²) in [7, 11) is 0. The molecule has 0 bridgehead atoms. The molecule has 0 unspecified atom stereocenters. The van der Waals surface area contributed by atoms with Crippen LogP contribution in [0.15, 0.2) is 48.5 Å². The molecule has 2 aromatic carbocycles. The van der Waals surface area contributed by atoms with E-state index in [1.807, 2.05) is 11.0 Å². The first kappa shape index (κ1) is 16.2. The van der Waals surface area contributed by atoms with Crippen LogP contribution in [0.2, 0.25) is 0 Å². The third-order valence-electron chi connectivity index (χ3n) is 4.68. The second-order valence-corrected chi connectivity index (χ2v) is 6.21. The molecule has 2 N–H and O–H groups in total. The number of nitrogens with two attached hydrogens (primary N) is 1. The lowest BCUT2D eigenvalue weighted by atomic mass is 9.88. The maximum absolute atomic E-state index is 12.6. The summed E-state index contributed by atoms with van der Waals surface area (Å²) >= 11 is 0. The molecular weight excluding hydrogens is 298 g/mol. The van der Waals surface area contributed by atoms with Gasteiger partial charge in [-0.3, -0.25) is 4.79 Å². The lowest BCUT2D eigenvalue weighted by Gasteiger charge is -2.32. The quantitative estimate of drug-likeness (QED) is 0.945. The number of carbonyl (C=O) groups excluding carboxylic acids is 1. The van der Waals surface area contributed by atoms with E-state index in [0.717, 1.165) is 31.5 Å². The van der Waals surface area contributed by atoms with E-state index in [1.54, 1.807) is 24.3 Å². The molecule has 0 spiro atoms. The van der Waals surface area contributed by atoms with Crippen molar-refractivity contribution >= 4 is 5.91 Å². The molecule has 24 heavy (non-hydrogen) atoms. The highest BCUT2D eigenvalue weighted by atomic mass is 16.2. The molecule has 1 aliphatic heterocycles. The van der Waals surface area contributed by atoms with Crippen molar-refractivity contribution in [2.24, 2.45) is 5.73 Å². The summed E-state index contributed by atoms with van der Waals surface area (Å²) < 4.78 is 0. The van der Waals surface area contributed by atoms with Gasteiger partial charge in [-0.2, -0.15) is 5.26 Å². The molecule has 122 valence electrons. The van der Waals surface area contributed by atoms with Gasteiger partial charge in [0, 0.05) is 25.2 Å². The van der Waals surface area contributed by atoms with Gasteiger partial charge in [-0.25, -0.2) is 0 Å². The summed E-state index contributed by atoms with van der Waals surface area (Å²) in [5, 5.41) is 8.97. The van der Waals surface area contributed by atoms with E-state index in [4.69, 9.17) is 11.0 Å². The standard InChI is InChI=1S/C20H21N3O/c21-13-15-3-1-5-18(11-15)17-7-9-23(10-8-17)20(24)19-6-2-4-16(12-19)14-22/h1-6,11-12,17H,7-10,13,21H2. The maximum Gasteiger partial charge on any atom is 0.253 e. The molecule has 2 aromatic rings. The van der Waals surface area contributed by atoms with Crippen LogP contribution < -0.4 is 5.73 Å². The van der Waals surface area contributed by atoms with E-state index in [0.29, 0.717) is 23.6 Å². The molecule has 1 fully saturated rings. The van der Waals surface area contributed by atoms with Crippen molar-refractivity contribution in [3.63, 3.8) is 0 Å². The lowest BCUT2D eigenvalue weighted by molar-refractivity contribution is 0.0713. The molecular formula is C20H21N3O. The minimum atomic E-state index is 0.0151. The fourth-order valence-electron chi connectivity index (χ4n) is 3.29. The largest absolute Gasteiger partial charge is 0.339 e. The van der Waals surface area contributed by atoms with Crippen molar-refractivity contribution in [3.05, 3.63) is 70.8 Å². The Morgan fingerprint density at radius 2 is 1.92 bits per heavy atom. The van der Waals surface area contributed by atoms with Gasteiger partial charge in [-0.05, 0) is 48.1 Å². The predicted molar refractivity (Wildman–Crippen MR) is 93.4 cm³/mol. The van der Waals surface area contributed by atoms with E-state index in [2.05, 4.69) is 24.3 Å². The highest BCUT2D eigenvalue weighted by molar-refractivity contribution is 5.94. The molecule has 4 nitrogen and oxygen atoms in total. The zero-order valence-corrected chi connectivity index (χ0v) is 13.6. The van der Waals surface area contributed by atoms with E-state index in [1.165, 1.54) is 5.56 Å². The number of hydrogen-bond donors (Lipinski definition) is 1. The fourth-order valence-corrected chi connectivity index (χ4v) is 3.29. The van der Waals surface area contributed by atoms with Crippen LogP contribution >= 0.6 is 0 Å². The SMILES string of the molecule is N#Cc1cccc(C(=O)N2CCC(c3cccc(CN)c3)CC2)c1. The van der Waals surface area contributed by atoms with Crippen LogP contribution in [0.1, 0.15) is 45.8 Å². The van der Waals surface area contributed by atoms with Crippen LogP contribution in [0.4, 0.5) is 0 Å². The minimum Gasteiger partial charge on any atom is -0.339 e. The second-order valence-electron chi connectivity index (χ2n) is 6.21. The summed E-state index contributed by atoms with van der Waals surface area (Å²) in [5.41, 5.74) is 9.31. The second kappa shape index (κ2) is 7.29. The number of piperidine rings is 1. The van der Waals surface area contributed by atoms with Crippen molar-refractivity contribution in [2.75, 3.05) is 13.1 Å². The first-order valence-electron chi connectivity index (χ1n) is 8.29. The molecule has 0 radical (unpaired) electrons. The smallest absolute Gasteiger partial charge is 0.253 e. The van der Waals surface area contributed by atoms with Gasteiger partial charge in [0.25, 0.3) is 5.91 Å². The van der Waals surface area contributed by atoms with Gasteiger partial charge < -0.3 is 10.6 Å². The summed E-state index contributed by atoms with van der Waals surface area (Å²) in [6.45, 7) is 2.04. The number of hydrogen-bond acceptors (Lipinski definition) is 3. The molecule has 1 amide bonds. The number of carbonyl (C=O) groups is 1. The van der Waals surface area contributed by atoms with Crippen LogP contribution in [-0.4, -0.2) is 23.9 Å². The zero-order valence-electron chi connectivity index (χ0n) is 13.6. The highest BCUT2D eigenvalue weighted by Gasteiger charge is 2.24. The maximum atomic E-state index is 12.6. The molecule has 0 aliphatic carbocycles. The van der Waals surface area contributed by atoms with Crippen LogP contribution in [-0.2, 0) is 6.54 Å². The van der Waals surface area contributed by atoms with E-state index >= 15 is 0 Å². The van der Waals surface area contributed by atoms with Crippen molar-refractivity contribution in [1.29, 1.82) is 5.26 Å². The molecule has 1 heterocycles. The molecule has 3 rings (SSSR count). The Hall–Kier alpha value is -2.64. The van der Waals surface area contributed by atoms with Gasteiger partial charge in [-0.15, -0.1) is 0 Å². The number of amides is 1. The highest BCUT2D eigenvalue weighted by Crippen LogP contribution is 2.29. The normalized spacial score (nSPS) is 15.1. The lowest BCUT2D eigenvalue weighted by Crippen LogP contribution is -2.37. The third-order valence-corrected chi connectivity index (χ3v) is 4.68. The average molecular weight is 319 g/mol. The Balaban J connectivity index is 1.66. The summed E-state index contributed by atoms with van der Waals surface area (Å²) in [4.78, 5) is 14.5. The summed E-state index contributed by atoms with van der Waals surface area (Å²) in [6.07, 6.45) is 1.91. The Labute approximate surface area is 142 Å². The Morgan fingerprint density at radius 3 is 2.62 bits per heavy atom. The number of benzene rings is 2. The molecule has 0 aromatic heterocycles. The zero-order chi connectivity index (χ0) is 16.9. The van der Waals surface area contributed by atoms with Gasteiger partial charge in [0.05, 0.1) is 11.6 Å². The van der Waals surface area contributed by atoms with Crippen LogP contribution in [0.25, 0.3) is 0 Å². The first-order valence-corrected chi connectivity index (χ1v) is 8.29. The Morgan fingerprint density at radius 1 is 1.17 bits per heavy atom. The third kappa shape index (κ3) is 3.47. The van der Waals surface area contributed by atoms with Gasteiger partial charge in [0.2, 0.25) is 0 Å². The summed E-state index contributed by atoms with van der Waals surface area (Å²) in [6, 6.07) is 17.4. The molecule has 0 atom stereocenters. The molecule has 1 aliphatic rings. The Bertz CT molecular complexity index is 770. The predicted octanol–water partition coefficient (Wildman–Crippen LogP) is 3.04. The van der Waals surface area contributed by atoms with Gasteiger partial charge in [0.15, 0.2) is 0 Å². The topological polar surface area (TPSA) is 70.1 Å². The van der Waals surface area contributed by atoms with E-state index in [9.17, 15) is 4.79 Å². The van der Waals surface area contributed by atoms with Gasteiger partial charge >= 0.3 is 0 Å². The van der Waals surface area contributed by atoms with Crippen molar-refractivity contribution < 1.29 is 4.79 Å². The van der Waals surface area contributed by atoms with Gasteiger partial charge in [-0.1, -0.05) is 30.3 Å². The average Bonchev–Trinajstić information content (AvgIpc) is 2.67. The molecule has 4 heteroatoms. The monoisotopic (exact) mass is 319 g/mol. The minimum absolute atomic E-state index is 0.0151. The van der Waals surface area contributed by atoms with E-state index in [-0.39, 0.29) is 5.91 Å². The number of nitriles is 1. The fraction of sp³-hybridized carbons (Fsp3) is 0.300. The van der Waals surface area contributed by atoms with Crippen molar-refractivity contribution in [2.45, 2.75) is 25.3 Å². The summed E-state index contributed by atoms with van der Waals surface area (Å²) in [5.74, 6) is 0.493. The molecule has 1 saturated heterocycles. The van der Waals surface area contributed by atoms with Crippen LogP contribution in [0.3, 0.4) is 0 Å². The van der Waals surface area contributed by atoms with E-state index < -0.39 is 0 Å². The van der Waals surface area contributed by atoms with Crippen LogP contribution in [0, 0.1) is 11.3 Å². The first-order chi connectivity index (χ1) is 11.7. The number of nitrogens with zero attached hydrogens (tertiary/aromatic N) is 2. The Kier molecular flexibility index (Phi) is 4.93. The van der Waals surface area contributed by atoms with Crippen LogP contribution in [0.5, 0.6) is 0 Å².